The zero-order valence-electron chi connectivity index (χ0n) is 8.08. The molecule has 1 saturated carbocycles. The van der Waals surface area contributed by atoms with Gasteiger partial charge in [-0.05, 0) is 18.3 Å². The lowest BCUT2D eigenvalue weighted by molar-refractivity contribution is 0.0994. The number of aromatic nitrogens is 2. The Labute approximate surface area is 81.9 Å². The third-order valence-electron chi connectivity index (χ3n) is 3.70. The summed E-state index contributed by atoms with van der Waals surface area (Å²) in [6, 6.07) is 0. The number of hydrogen-bond acceptors (Lipinski definition) is 2. The van der Waals surface area contributed by atoms with Gasteiger partial charge in [0, 0.05) is 11.5 Å². The van der Waals surface area contributed by atoms with Crippen molar-refractivity contribution in [3.8, 4) is 0 Å². The topological polar surface area (TPSA) is 71.8 Å². The van der Waals surface area contributed by atoms with Gasteiger partial charge in [0.2, 0.25) is 0 Å². The van der Waals surface area contributed by atoms with Gasteiger partial charge in [-0.25, -0.2) is 0 Å². The molecule has 1 aromatic heterocycles. The number of nitrogens with one attached hydrogen (secondary N) is 1. The third kappa shape index (κ3) is 0.786. The van der Waals surface area contributed by atoms with E-state index < -0.39 is 0 Å². The molecule has 1 fully saturated rings. The molecule has 3 N–H and O–H groups in total. The average Bonchev–Trinajstić information content (AvgIpc) is 2.55. The summed E-state index contributed by atoms with van der Waals surface area (Å²) in [6.45, 7) is 2.21. The number of nitrogens with zero attached hydrogens (tertiary/aromatic N) is 1. The molecule has 0 unspecified atom stereocenters. The summed E-state index contributed by atoms with van der Waals surface area (Å²) in [7, 11) is 0. The maximum absolute atomic E-state index is 11.0. The molecule has 14 heavy (non-hydrogen) atoms. The monoisotopic (exact) mass is 191 g/mol. The van der Waals surface area contributed by atoms with E-state index in [0.29, 0.717) is 11.6 Å². The number of fused-ring (bicyclic) bond motifs is 3. The van der Waals surface area contributed by atoms with Gasteiger partial charge in [0.25, 0.3) is 5.91 Å². The Hall–Kier alpha value is -1.32. The first-order valence-electron chi connectivity index (χ1n) is 5.11. The van der Waals surface area contributed by atoms with Gasteiger partial charge >= 0.3 is 0 Å². The summed E-state index contributed by atoms with van der Waals surface area (Å²) in [4.78, 5) is 11.0. The van der Waals surface area contributed by atoms with Crippen LogP contribution in [0.25, 0.3) is 0 Å². The molecule has 0 bridgehead atoms. The van der Waals surface area contributed by atoms with E-state index >= 15 is 0 Å². The molecule has 0 aromatic carbocycles. The lowest BCUT2D eigenvalue weighted by Crippen LogP contribution is -2.14. The number of hydrogen-bond donors (Lipinski definition) is 2. The Morgan fingerprint density at radius 2 is 2.50 bits per heavy atom. The smallest absolute Gasteiger partial charge is 0.267 e. The number of carbonyl (C=O) groups is 1. The highest BCUT2D eigenvalue weighted by Crippen LogP contribution is 2.62. The molecule has 3 atom stereocenters. The van der Waals surface area contributed by atoms with Gasteiger partial charge in [-0.1, -0.05) is 13.3 Å². The number of nitrogens with two attached hydrogens (primary N) is 1. The molecule has 0 aliphatic heterocycles. The van der Waals surface area contributed by atoms with Gasteiger partial charge in [0.15, 0.2) is 0 Å². The lowest BCUT2D eigenvalue weighted by atomic mass is 10.1. The van der Waals surface area contributed by atoms with E-state index in [1.165, 1.54) is 6.42 Å². The van der Waals surface area contributed by atoms with E-state index in [1.54, 1.807) is 0 Å². The summed E-state index contributed by atoms with van der Waals surface area (Å²) in [5.74, 6) is 1.77. The van der Waals surface area contributed by atoms with E-state index in [-0.39, 0.29) is 5.91 Å². The first-order chi connectivity index (χ1) is 6.74. The SMILES string of the molecule is CC[C@@H]1[C@@H]2Cc3c(n[nH]c3C(N)=O)[C@H]12. The van der Waals surface area contributed by atoms with Crippen molar-refractivity contribution in [2.75, 3.05) is 0 Å². The van der Waals surface area contributed by atoms with E-state index in [2.05, 4.69) is 17.1 Å². The molecule has 74 valence electrons. The van der Waals surface area contributed by atoms with Crippen LogP contribution in [0.5, 0.6) is 0 Å². The predicted molar refractivity (Wildman–Crippen MR) is 50.8 cm³/mol. The zero-order chi connectivity index (χ0) is 9.87. The fraction of sp³-hybridized carbons (Fsp3) is 0.600. The van der Waals surface area contributed by atoms with Crippen molar-refractivity contribution in [2.24, 2.45) is 17.6 Å². The van der Waals surface area contributed by atoms with Gasteiger partial charge in [-0.15, -0.1) is 0 Å². The molecule has 0 spiro atoms. The minimum absolute atomic E-state index is 0.381. The van der Waals surface area contributed by atoms with Gasteiger partial charge in [-0.3, -0.25) is 9.89 Å². The predicted octanol–water partition coefficient (Wildman–Crippen LogP) is 0.804. The Morgan fingerprint density at radius 1 is 1.71 bits per heavy atom. The minimum atomic E-state index is -0.381. The first-order valence-corrected chi connectivity index (χ1v) is 5.11. The molecule has 3 rings (SSSR count). The van der Waals surface area contributed by atoms with E-state index in [1.807, 2.05) is 0 Å². The second-order valence-corrected chi connectivity index (χ2v) is 4.29. The van der Waals surface area contributed by atoms with Crippen molar-refractivity contribution in [2.45, 2.75) is 25.7 Å². The molecule has 4 nitrogen and oxygen atoms in total. The second-order valence-electron chi connectivity index (χ2n) is 4.29. The van der Waals surface area contributed by atoms with Crippen LogP contribution in [0.15, 0.2) is 0 Å². The summed E-state index contributed by atoms with van der Waals surface area (Å²) in [5.41, 5.74) is 7.97. The highest BCUT2D eigenvalue weighted by molar-refractivity contribution is 5.92. The highest BCUT2D eigenvalue weighted by Gasteiger charge is 2.56. The van der Waals surface area contributed by atoms with Crippen molar-refractivity contribution in [1.82, 2.24) is 10.2 Å². The van der Waals surface area contributed by atoms with Gasteiger partial charge < -0.3 is 5.73 Å². The lowest BCUT2D eigenvalue weighted by Gasteiger charge is -1.99. The Kier molecular flexibility index (Phi) is 1.36. The molecule has 0 saturated heterocycles. The van der Waals surface area contributed by atoms with E-state index in [4.69, 9.17) is 5.73 Å². The molecule has 1 heterocycles. The van der Waals surface area contributed by atoms with E-state index in [0.717, 1.165) is 29.5 Å². The van der Waals surface area contributed by atoms with Gasteiger partial charge in [0.1, 0.15) is 5.69 Å². The Balaban J connectivity index is 1.99. The quantitative estimate of drug-likeness (QED) is 0.725. The van der Waals surface area contributed by atoms with Crippen LogP contribution in [0.2, 0.25) is 0 Å². The van der Waals surface area contributed by atoms with Gasteiger partial charge in [0.05, 0.1) is 5.69 Å². The largest absolute Gasteiger partial charge is 0.364 e. The number of rotatable bonds is 2. The zero-order valence-corrected chi connectivity index (χ0v) is 8.08. The number of carbonyl (C=O) groups excluding carboxylic acids is 1. The van der Waals surface area contributed by atoms with Crippen LogP contribution in [0.4, 0.5) is 0 Å². The average molecular weight is 191 g/mol. The molecular weight excluding hydrogens is 178 g/mol. The molecule has 4 heteroatoms. The summed E-state index contributed by atoms with van der Waals surface area (Å²) in [6.07, 6.45) is 2.21. The maximum atomic E-state index is 11.0. The molecule has 1 aromatic rings. The molecular formula is C10H13N3O. The fourth-order valence-corrected chi connectivity index (χ4v) is 2.99. The van der Waals surface area contributed by atoms with E-state index in [9.17, 15) is 4.79 Å². The molecule has 2 aliphatic carbocycles. The third-order valence-corrected chi connectivity index (χ3v) is 3.70. The number of aromatic amines is 1. The highest BCUT2D eigenvalue weighted by atomic mass is 16.1. The molecule has 0 radical (unpaired) electrons. The standard InChI is InChI=1S/C10H13N3O/c1-2-4-5-3-6-8(7(4)5)12-13-9(6)10(11)14/h4-5,7H,2-3H2,1H3,(H2,11,14)(H,12,13)/t4-,5+,7-/m1/s1. The summed E-state index contributed by atoms with van der Waals surface area (Å²) in [5, 5.41) is 6.97. The normalized spacial score (nSPS) is 32.5. The number of primary amides is 1. The van der Waals surface area contributed by atoms with Crippen LogP contribution in [0.3, 0.4) is 0 Å². The van der Waals surface area contributed by atoms with Crippen LogP contribution in [0, 0.1) is 11.8 Å². The van der Waals surface area contributed by atoms with Crippen molar-refractivity contribution < 1.29 is 4.79 Å². The van der Waals surface area contributed by atoms with Crippen molar-refractivity contribution >= 4 is 5.91 Å². The van der Waals surface area contributed by atoms with Crippen LogP contribution < -0.4 is 5.73 Å². The van der Waals surface area contributed by atoms with Gasteiger partial charge in [-0.2, -0.15) is 5.10 Å². The maximum Gasteiger partial charge on any atom is 0.267 e. The molecule has 2 aliphatic rings. The first kappa shape index (κ1) is 8.03. The second kappa shape index (κ2) is 2.38. The number of amides is 1. The Bertz CT molecular complexity index is 409. The Morgan fingerprint density at radius 3 is 3.14 bits per heavy atom. The van der Waals surface area contributed by atoms with Crippen LogP contribution in [-0.4, -0.2) is 16.1 Å². The summed E-state index contributed by atoms with van der Waals surface area (Å²) < 4.78 is 0. The fourth-order valence-electron chi connectivity index (χ4n) is 2.99. The van der Waals surface area contributed by atoms with Crippen molar-refractivity contribution in [3.05, 3.63) is 17.0 Å². The van der Waals surface area contributed by atoms with Crippen LogP contribution in [-0.2, 0) is 6.42 Å². The number of H-pyrrole nitrogens is 1. The van der Waals surface area contributed by atoms with Crippen molar-refractivity contribution in [1.29, 1.82) is 0 Å². The van der Waals surface area contributed by atoms with Crippen molar-refractivity contribution in [3.63, 3.8) is 0 Å². The van der Waals surface area contributed by atoms with Crippen LogP contribution in [0.1, 0.15) is 41.0 Å². The molecule has 1 amide bonds. The van der Waals surface area contributed by atoms with Crippen LogP contribution >= 0.6 is 0 Å². The summed E-state index contributed by atoms with van der Waals surface area (Å²) >= 11 is 0. The minimum Gasteiger partial charge on any atom is -0.364 e.